The van der Waals surface area contributed by atoms with Crippen molar-refractivity contribution in [1.82, 2.24) is 5.32 Å². The van der Waals surface area contributed by atoms with Crippen molar-refractivity contribution in [2.24, 2.45) is 5.92 Å². The number of hydrogen-bond donors (Lipinski definition) is 1. The second kappa shape index (κ2) is 7.68. The summed E-state index contributed by atoms with van der Waals surface area (Å²) in [6.07, 6.45) is 8.10. The van der Waals surface area contributed by atoms with Crippen molar-refractivity contribution in [1.29, 1.82) is 0 Å². The Balaban J connectivity index is 2.04. The molecule has 1 saturated carbocycles. The van der Waals surface area contributed by atoms with Crippen molar-refractivity contribution in [3.8, 4) is 5.75 Å². The van der Waals surface area contributed by atoms with Crippen LogP contribution in [0.1, 0.15) is 64.0 Å². The summed E-state index contributed by atoms with van der Waals surface area (Å²) in [6.45, 7) is 4.60. The standard InChI is InChI=1S/C18H29NO/c1-4-17(16-12-8-9-13-18(16)20-3)19-14(2)15-10-6-5-7-11-15/h8-9,12-15,17,19H,4-7,10-11H2,1-3H3. The summed E-state index contributed by atoms with van der Waals surface area (Å²) in [5, 5.41) is 3.85. The molecule has 2 atom stereocenters. The molecule has 1 aromatic rings. The van der Waals surface area contributed by atoms with E-state index >= 15 is 0 Å². The molecule has 1 N–H and O–H groups in total. The van der Waals surface area contributed by atoms with E-state index < -0.39 is 0 Å². The lowest BCUT2D eigenvalue weighted by atomic mass is 9.84. The molecule has 0 saturated heterocycles. The number of methoxy groups -OCH3 is 1. The van der Waals surface area contributed by atoms with Gasteiger partial charge in [0.2, 0.25) is 0 Å². The van der Waals surface area contributed by atoms with Gasteiger partial charge in [-0.05, 0) is 38.2 Å². The van der Waals surface area contributed by atoms with Crippen molar-refractivity contribution in [2.75, 3.05) is 7.11 Å². The van der Waals surface area contributed by atoms with E-state index in [0.717, 1.165) is 18.1 Å². The van der Waals surface area contributed by atoms with Gasteiger partial charge in [0.05, 0.1) is 7.11 Å². The summed E-state index contributed by atoms with van der Waals surface area (Å²) >= 11 is 0. The molecule has 0 heterocycles. The van der Waals surface area contributed by atoms with Gasteiger partial charge in [-0.2, -0.15) is 0 Å². The van der Waals surface area contributed by atoms with Gasteiger partial charge >= 0.3 is 0 Å². The first-order valence-electron chi connectivity index (χ1n) is 8.15. The van der Waals surface area contributed by atoms with Crippen LogP contribution in [0.2, 0.25) is 0 Å². The zero-order valence-electron chi connectivity index (χ0n) is 13.2. The summed E-state index contributed by atoms with van der Waals surface area (Å²) in [5.74, 6) is 1.84. The van der Waals surface area contributed by atoms with Gasteiger partial charge in [-0.15, -0.1) is 0 Å². The fourth-order valence-electron chi connectivity index (χ4n) is 3.47. The summed E-state index contributed by atoms with van der Waals surface area (Å²) in [5.41, 5.74) is 1.29. The number of benzene rings is 1. The quantitative estimate of drug-likeness (QED) is 0.812. The molecule has 0 aliphatic heterocycles. The van der Waals surface area contributed by atoms with E-state index in [0.29, 0.717) is 12.1 Å². The van der Waals surface area contributed by atoms with E-state index in [1.807, 2.05) is 6.07 Å². The Kier molecular flexibility index (Phi) is 5.90. The molecule has 0 aromatic heterocycles. The molecule has 1 aliphatic rings. The lowest BCUT2D eigenvalue weighted by Crippen LogP contribution is -2.37. The normalized spacial score (nSPS) is 19.6. The summed E-state index contributed by atoms with van der Waals surface area (Å²) in [4.78, 5) is 0. The highest BCUT2D eigenvalue weighted by molar-refractivity contribution is 5.35. The third kappa shape index (κ3) is 3.76. The van der Waals surface area contributed by atoms with Gasteiger partial charge < -0.3 is 10.1 Å². The number of rotatable bonds is 6. The van der Waals surface area contributed by atoms with Gasteiger partial charge in [0, 0.05) is 17.6 Å². The van der Waals surface area contributed by atoms with Crippen LogP contribution >= 0.6 is 0 Å². The lowest BCUT2D eigenvalue weighted by molar-refractivity contribution is 0.260. The fraction of sp³-hybridized carbons (Fsp3) is 0.667. The van der Waals surface area contributed by atoms with E-state index in [9.17, 15) is 0 Å². The smallest absolute Gasteiger partial charge is 0.123 e. The second-order valence-corrected chi connectivity index (χ2v) is 6.06. The second-order valence-electron chi connectivity index (χ2n) is 6.06. The van der Waals surface area contributed by atoms with E-state index in [2.05, 4.69) is 37.4 Å². The molecule has 112 valence electrons. The lowest BCUT2D eigenvalue weighted by Gasteiger charge is -2.32. The first-order valence-corrected chi connectivity index (χ1v) is 8.15. The first-order chi connectivity index (χ1) is 9.76. The Morgan fingerprint density at radius 3 is 2.55 bits per heavy atom. The van der Waals surface area contributed by atoms with Crippen LogP contribution in [0, 0.1) is 5.92 Å². The van der Waals surface area contributed by atoms with Crippen LogP contribution in [0.15, 0.2) is 24.3 Å². The van der Waals surface area contributed by atoms with Crippen molar-refractivity contribution < 1.29 is 4.74 Å². The maximum absolute atomic E-state index is 5.52. The molecule has 2 unspecified atom stereocenters. The molecule has 2 heteroatoms. The molecule has 20 heavy (non-hydrogen) atoms. The molecular formula is C18H29NO. The minimum Gasteiger partial charge on any atom is -0.496 e. The van der Waals surface area contributed by atoms with Crippen LogP contribution in [-0.4, -0.2) is 13.2 Å². The zero-order valence-corrected chi connectivity index (χ0v) is 13.2. The highest BCUT2D eigenvalue weighted by Crippen LogP contribution is 2.31. The Labute approximate surface area is 123 Å². The third-order valence-corrected chi connectivity index (χ3v) is 4.74. The topological polar surface area (TPSA) is 21.3 Å². The molecular weight excluding hydrogens is 246 g/mol. The highest BCUT2D eigenvalue weighted by Gasteiger charge is 2.23. The van der Waals surface area contributed by atoms with E-state index in [4.69, 9.17) is 4.74 Å². The average molecular weight is 275 g/mol. The molecule has 0 radical (unpaired) electrons. The number of ether oxygens (including phenoxy) is 1. The van der Waals surface area contributed by atoms with Crippen molar-refractivity contribution in [2.45, 2.75) is 64.5 Å². The van der Waals surface area contributed by atoms with Crippen LogP contribution < -0.4 is 10.1 Å². The highest BCUT2D eigenvalue weighted by atomic mass is 16.5. The fourth-order valence-corrected chi connectivity index (χ4v) is 3.47. The number of nitrogens with one attached hydrogen (secondary N) is 1. The van der Waals surface area contributed by atoms with Crippen molar-refractivity contribution in [3.63, 3.8) is 0 Å². The Hall–Kier alpha value is -1.02. The predicted octanol–water partition coefficient (Wildman–Crippen LogP) is 4.70. The molecule has 0 amide bonds. The van der Waals surface area contributed by atoms with Gasteiger partial charge in [-0.1, -0.05) is 44.4 Å². The first kappa shape index (κ1) is 15.4. The van der Waals surface area contributed by atoms with E-state index in [-0.39, 0.29) is 0 Å². The van der Waals surface area contributed by atoms with Gasteiger partial charge in [-0.3, -0.25) is 0 Å². The molecule has 2 rings (SSSR count). The average Bonchev–Trinajstić information content (AvgIpc) is 2.53. The minimum absolute atomic E-state index is 0.392. The minimum atomic E-state index is 0.392. The van der Waals surface area contributed by atoms with Crippen molar-refractivity contribution in [3.05, 3.63) is 29.8 Å². The molecule has 0 bridgehead atoms. The Morgan fingerprint density at radius 1 is 1.20 bits per heavy atom. The van der Waals surface area contributed by atoms with Crippen LogP contribution in [0.3, 0.4) is 0 Å². The van der Waals surface area contributed by atoms with Crippen LogP contribution in [-0.2, 0) is 0 Å². The van der Waals surface area contributed by atoms with E-state index in [1.54, 1.807) is 7.11 Å². The third-order valence-electron chi connectivity index (χ3n) is 4.74. The number of para-hydroxylation sites is 1. The van der Waals surface area contributed by atoms with Gasteiger partial charge in [-0.25, -0.2) is 0 Å². The maximum Gasteiger partial charge on any atom is 0.123 e. The van der Waals surface area contributed by atoms with Crippen molar-refractivity contribution >= 4 is 0 Å². The summed E-state index contributed by atoms with van der Waals surface area (Å²) in [6, 6.07) is 9.37. The molecule has 1 aromatic carbocycles. The molecule has 2 nitrogen and oxygen atoms in total. The van der Waals surface area contributed by atoms with Gasteiger partial charge in [0.15, 0.2) is 0 Å². The SMILES string of the molecule is CCC(NC(C)C1CCCCC1)c1ccccc1OC. The molecule has 1 fully saturated rings. The summed E-state index contributed by atoms with van der Waals surface area (Å²) < 4.78 is 5.52. The van der Waals surface area contributed by atoms with E-state index in [1.165, 1.54) is 37.7 Å². The Bertz CT molecular complexity index is 398. The molecule has 0 spiro atoms. The zero-order chi connectivity index (χ0) is 14.4. The number of hydrogen-bond acceptors (Lipinski definition) is 2. The van der Waals surface area contributed by atoms with Crippen LogP contribution in [0.4, 0.5) is 0 Å². The van der Waals surface area contributed by atoms with Gasteiger partial charge in [0.1, 0.15) is 5.75 Å². The summed E-state index contributed by atoms with van der Waals surface area (Å²) in [7, 11) is 1.76. The molecule has 1 aliphatic carbocycles. The largest absolute Gasteiger partial charge is 0.496 e. The van der Waals surface area contributed by atoms with Crippen LogP contribution in [0.25, 0.3) is 0 Å². The van der Waals surface area contributed by atoms with Gasteiger partial charge in [0.25, 0.3) is 0 Å². The Morgan fingerprint density at radius 2 is 1.90 bits per heavy atom. The van der Waals surface area contributed by atoms with Crippen LogP contribution in [0.5, 0.6) is 5.75 Å². The maximum atomic E-state index is 5.52. The predicted molar refractivity (Wildman–Crippen MR) is 85.2 cm³/mol. The monoisotopic (exact) mass is 275 g/mol.